The van der Waals surface area contributed by atoms with Gasteiger partial charge in [0, 0.05) is 29.3 Å². The molecule has 1 fully saturated rings. The average molecular weight is 585 g/mol. The van der Waals surface area contributed by atoms with E-state index < -0.39 is 89.8 Å². The zero-order valence-corrected chi connectivity index (χ0v) is 20.7. The number of nitrogens with zero attached hydrogens (tertiary/aromatic N) is 1. The lowest BCUT2D eigenvalue weighted by Gasteiger charge is -2.32. The van der Waals surface area contributed by atoms with Crippen molar-refractivity contribution in [2.45, 2.75) is 43.8 Å². The lowest BCUT2D eigenvalue weighted by atomic mass is 9.77. The Morgan fingerprint density at radius 3 is 2.40 bits per heavy atom. The van der Waals surface area contributed by atoms with Gasteiger partial charge in [0.15, 0.2) is 17.2 Å². The van der Waals surface area contributed by atoms with Crippen LogP contribution in [0.2, 0.25) is 0 Å². The van der Waals surface area contributed by atoms with Crippen molar-refractivity contribution in [3.8, 4) is 5.75 Å². The van der Waals surface area contributed by atoms with Crippen molar-refractivity contribution < 1.29 is 59.3 Å². The van der Waals surface area contributed by atoms with Gasteiger partial charge in [-0.1, -0.05) is 13.0 Å². The predicted octanol–water partition coefficient (Wildman–Crippen LogP) is 4.09. The van der Waals surface area contributed by atoms with Gasteiger partial charge in [-0.3, -0.25) is 14.6 Å². The average Bonchev–Trinajstić information content (AvgIpc) is 3.13. The molecule has 2 aromatic rings. The fourth-order valence-electron chi connectivity index (χ4n) is 4.27. The summed E-state index contributed by atoms with van der Waals surface area (Å²) in [6.07, 6.45) is -11.1. The standard InChI is InChI=1S/C24H23F8N3O5/c1-10-16(13-3-4-14(25)17(26)18(13)39-9-11(8-36)23(27,28)29)19(40-22(10,2)24(30,31)32)21(38)35-12-5-6-34-15(7-12)20(33)37/h3-7,10-11,16,19,36H,8-9H2,1-2H3,(H2,33,37)(H,34,35,38)/t10-,11+,16-,19+,22+/m0/s1. The summed E-state index contributed by atoms with van der Waals surface area (Å²) in [6, 6.07) is 3.49. The minimum Gasteiger partial charge on any atom is -0.489 e. The van der Waals surface area contributed by atoms with E-state index in [4.69, 9.17) is 20.3 Å². The van der Waals surface area contributed by atoms with Crippen molar-refractivity contribution in [2.75, 3.05) is 18.5 Å². The number of alkyl halides is 6. The molecule has 3 rings (SSSR count). The Labute approximate surface area is 221 Å². The van der Waals surface area contributed by atoms with Crippen LogP contribution in [0.25, 0.3) is 0 Å². The highest BCUT2D eigenvalue weighted by molar-refractivity contribution is 5.97. The molecule has 1 aliphatic rings. The Morgan fingerprint density at radius 1 is 1.20 bits per heavy atom. The van der Waals surface area contributed by atoms with Gasteiger partial charge in [0.05, 0.1) is 6.61 Å². The highest BCUT2D eigenvalue weighted by Crippen LogP contribution is 2.55. The number of carbonyl (C=O) groups excluding carboxylic acids is 2. The minimum atomic E-state index is -5.09. The highest BCUT2D eigenvalue weighted by Gasteiger charge is 2.66. The molecule has 1 saturated heterocycles. The van der Waals surface area contributed by atoms with Gasteiger partial charge in [0.2, 0.25) is 5.82 Å². The number of halogens is 8. The largest absolute Gasteiger partial charge is 0.489 e. The van der Waals surface area contributed by atoms with Crippen molar-refractivity contribution in [2.24, 2.45) is 17.6 Å². The Bertz CT molecular complexity index is 1270. The first-order valence-electron chi connectivity index (χ1n) is 11.5. The fraction of sp³-hybridized carbons (Fsp3) is 0.458. The third-order valence-corrected chi connectivity index (χ3v) is 6.76. The molecule has 1 aromatic carbocycles. The molecule has 5 atom stereocenters. The molecule has 40 heavy (non-hydrogen) atoms. The van der Waals surface area contributed by atoms with Crippen LogP contribution in [0, 0.1) is 23.5 Å². The van der Waals surface area contributed by atoms with Gasteiger partial charge in [-0.25, -0.2) is 4.39 Å². The van der Waals surface area contributed by atoms with E-state index in [1.165, 1.54) is 6.07 Å². The molecular weight excluding hydrogens is 562 g/mol. The molecule has 0 aliphatic carbocycles. The number of rotatable bonds is 8. The number of nitrogens with two attached hydrogens (primary N) is 1. The van der Waals surface area contributed by atoms with Gasteiger partial charge in [-0.15, -0.1) is 0 Å². The first-order chi connectivity index (χ1) is 18.4. The van der Waals surface area contributed by atoms with E-state index in [9.17, 15) is 44.7 Å². The summed E-state index contributed by atoms with van der Waals surface area (Å²) in [5.74, 6) is -12.7. The van der Waals surface area contributed by atoms with Crippen LogP contribution >= 0.6 is 0 Å². The lowest BCUT2D eigenvalue weighted by Crippen LogP contribution is -2.47. The number of pyridine rings is 1. The first-order valence-corrected chi connectivity index (χ1v) is 11.5. The Balaban J connectivity index is 2.09. The van der Waals surface area contributed by atoms with Crippen molar-refractivity contribution in [3.05, 3.63) is 53.4 Å². The maximum Gasteiger partial charge on any atom is 0.417 e. The molecule has 0 saturated carbocycles. The van der Waals surface area contributed by atoms with Crippen molar-refractivity contribution >= 4 is 17.5 Å². The predicted molar refractivity (Wildman–Crippen MR) is 121 cm³/mol. The number of anilines is 1. The van der Waals surface area contributed by atoms with Gasteiger partial charge in [-0.05, 0) is 25.1 Å². The molecule has 0 spiro atoms. The van der Waals surface area contributed by atoms with Crippen LogP contribution in [0.4, 0.5) is 40.8 Å². The Morgan fingerprint density at radius 2 is 1.85 bits per heavy atom. The summed E-state index contributed by atoms with van der Waals surface area (Å²) >= 11 is 0. The van der Waals surface area contributed by atoms with E-state index in [2.05, 4.69) is 10.3 Å². The SMILES string of the molecule is C[C@H]1[C@@H](c2ccc(F)c(F)c2OC[C@@H](CO)C(F)(F)F)[C@H](C(=O)Nc2ccnc(C(N)=O)c2)O[C@@]1(C)C(F)(F)F. The quantitative estimate of drug-likeness (QED) is 0.401. The number of aliphatic hydroxyl groups excluding tert-OH is 1. The van der Waals surface area contributed by atoms with Crippen molar-refractivity contribution in [3.63, 3.8) is 0 Å². The van der Waals surface area contributed by atoms with Crippen molar-refractivity contribution in [1.82, 2.24) is 4.98 Å². The summed E-state index contributed by atoms with van der Waals surface area (Å²) in [6.45, 7) is -1.24. The third kappa shape index (κ3) is 5.96. The molecule has 0 bridgehead atoms. The van der Waals surface area contributed by atoms with Gasteiger partial charge < -0.3 is 25.6 Å². The molecule has 8 nitrogen and oxygen atoms in total. The van der Waals surface area contributed by atoms with E-state index in [1.807, 2.05) is 0 Å². The lowest BCUT2D eigenvalue weighted by molar-refractivity contribution is -0.272. The topological polar surface area (TPSA) is 124 Å². The number of primary amides is 1. The number of ether oxygens (including phenoxy) is 2. The summed E-state index contributed by atoms with van der Waals surface area (Å²) in [5, 5.41) is 11.3. The fourth-order valence-corrected chi connectivity index (χ4v) is 4.27. The molecule has 2 heterocycles. The van der Waals surface area contributed by atoms with Crippen LogP contribution in [0.5, 0.6) is 5.75 Å². The van der Waals surface area contributed by atoms with Crippen molar-refractivity contribution in [1.29, 1.82) is 0 Å². The van der Waals surface area contributed by atoms with Gasteiger partial charge in [0.25, 0.3) is 11.8 Å². The van der Waals surface area contributed by atoms with E-state index in [-0.39, 0.29) is 11.4 Å². The monoisotopic (exact) mass is 585 g/mol. The maximum atomic E-state index is 14.9. The van der Waals surface area contributed by atoms with E-state index in [0.29, 0.717) is 13.0 Å². The molecule has 0 radical (unpaired) electrons. The zero-order valence-electron chi connectivity index (χ0n) is 20.7. The van der Waals surface area contributed by atoms with Crippen LogP contribution in [-0.4, -0.2) is 59.2 Å². The summed E-state index contributed by atoms with van der Waals surface area (Å²) in [5.41, 5.74) is 1.11. The number of amides is 2. The third-order valence-electron chi connectivity index (χ3n) is 6.76. The smallest absolute Gasteiger partial charge is 0.417 e. The van der Waals surface area contributed by atoms with E-state index in [1.54, 1.807) is 0 Å². The zero-order chi connectivity index (χ0) is 30.2. The van der Waals surface area contributed by atoms with Gasteiger partial charge >= 0.3 is 12.4 Å². The number of aromatic nitrogens is 1. The second-order valence-corrected chi connectivity index (χ2v) is 9.25. The van der Waals surface area contributed by atoms with Crippen LogP contribution in [0.15, 0.2) is 30.5 Å². The first kappa shape index (κ1) is 31.0. The maximum absolute atomic E-state index is 14.9. The Kier molecular flexibility index (Phi) is 8.65. The van der Waals surface area contributed by atoms with Gasteiger partial charge in [-0.2, -0.15) is 30.7 Å². The van der Waals surface area contributed by atoms with Crippen LogP contribution < -0.4 is 15.8 Å². The number of carbonyl (C=O) groups is 2. The molecule has 16 heteroatoms. The second-order valence-electron chi connectivity index (χ2n) is 9.25. The Hall–Kier alpha value is -3.53. The highest BCUT2D eigenvalue weighted by atomic mass is 19.4. The normalized spacial score (nSPS) is 24.0. The molecule has 1 aliphatic heterocycles. The molecule has 220 valence electrons. The van der Waals surface area contributed by atoms with Crippen LogP contribution in [-0.2, 0) is 9.53 Å². The number of aliphatic hydroxyl groups is 1. The van der Waals surface area contributed by atoms with Gasteiger partial charge in [0.1, 0.15) is 24.3 Å². The molecular formula is C24H23F8N3O5. The number of benzene rings is 1. The number of hydrogen-bond acceptors (Lipinski definition) is 6. The molecule has 2 amide bonds. The summed E-state index contributed by atoms with van der Waals surface area (Å²) < 4.78 is 121. The van der Waals surface area contributed by atoms with E-state index in [0.717, 1.165) is 25.3 Å². The summed E-state index contributed by atoms with van der Waals surface area (Å²) in [7, 11) is 0. The summed E-state index contributed by atoms with van der Waals surface area (Å²) in [4.78, 5) is 28.3. The number of hydrogen-bond donors (Lipinski definition) is 3. The minimum absolute atomic E-state index is 0.123. The van der Waals surface area contributed by atoms with Crippen LogP contribution in [0.3, 0.4) is 0 Å². The molecule has 0 unspecified atom stereocenters. The molecule has 1 aromatic heterocycles. The second kappa shape index (κ2) is 11.2. The van der Waals surface area contributed by atoms with Crippen LogP contribution in [0.1, 0.15) is 35.8 Å². The van der Waals surface area contributed by atoms with E-state index >= 15 is 0 Å². The number of nitrogens with one attached hydrogen (secondary N) is 1. The molecule has 4 N–H and O–H groups in total.